The summed E-state index contributed by atoms with van der Waals surface area (Å²) in [6.45, 7) is 6.65. The SMILES string of the molecule is CC(C)(C)c1ccc(C(Cc2ccccn2)NN)cc1. The Bertz CT molecular complexity index is 526. The van der Waals surface area contributed by atoms with Gasteiger partial charge in [0.2, 0.25) is 0 Å². The van der Waals surface area contributed by atoms with Crippen LogP contribution < -0.4 is 11.3 Å². The van der Waals surface area contributed by atoms with E-state index in [2.05, 4.69) is 55.4 Å². The van der Waals surface area contributed by atoms with Crippen molar-refractivity contribution in [2.24, 2.45) is 5.84 Å². The molecule has 0 bridgehead atoms. The van der Waals surface area contributed by atoms with Crippen LogP contribution in [0.15, 0.2) is 48.7 Å². The van der Waals surface area contributed by atoms with Gasteiger partial charge in [-0.15, -0.1) is 0 Å². The first-order valence-electron chi connectivity index (χ1n) is 6.97. The molecule has 3 heteroatoms. The lowest BCUT2D eigenvalue weighted by atomic mass is 9.86. The van der Waals surface area contributed by atoms with Crippen LogP contribution >= 0.6 is 0 Å². The lowest BCUT2D eigenvalue weighted by Gasteiger charge is -2.21. The van der Waals surface area contributed by atoms with Crippen LogP contribution in [0.5, 0.6) is 0 Å². The predicted octanol–water partition coefficient (Wildman–Crippen LogP) is 3.13. The molecule has 0 radical (unpaired) electrons. The van der Waals surface area contributed by atoms with Crippen LogP contribution in [0.1, 0.15) is 43.6 Å². The van der Waals surface area contributed by atoms with Crippen LogP contribution in [0.25, 0.3) is 0 Å². The van der Waals surface area contributed by atoms with Crippen LogP contribution in [0, 0.1) is 0 Å². The van der Waals surface area contributed by atoms with Gasteiger partial charge in [-0.25, -0.2) is 0 Å². The third kappa shape index (κ3) is 3.65. The highest BCUT2D eigenvalue weighted by Crippen LogP contribution is 2.24. The molecule has 1 aromatic carbocycles. The van der Waals surface area contributed by atoms with Crippen molar-refractivity contribution >= 4 is 0 Å². The van der Waals surface area contributed by atoms with Crippen LogP contribution in [0.2, 0.25) is 0 Å². The monoisotopic (exact) mass is 269 g/mol. The van der Waals surface area contributed by atoms with E-state index in [9.17, 15) is 0 Å². The Morgan fingerprint density at radius 1 is 1.10 bits per heavy atom. The number of hydrogen-bond acceptors (Lipinski definition) is 3. The normalized spacial score (nSPS) is 13.2. The second kappa shape index (κ2) is 6.16. The van der Waals surface area contributed by atoms with Gasteiger partial charge < -0.3 is 0 Å². The second-order valence-corrected chi connectivity index (χ2v) is 6.12. The maximum atomic E-state index is 5.70. The van der Waals surface area contributed by atoms with Gasteiger partial charge in [-0.2, -0.15) is 0 Å². The number of nitrogens with one attached hydrogen (secondary N) is 1. The molecule has 3 nitrogen and oxygen atoms in total. The summed E-state index contributed by atoms with van der Waals surface area (Å²) in [7, 11) is 0. The molecular formula is C17H23N3. The fourth-order valence-electron chi connectivity index (χ4n) is 2.22. The average Bonchev–Trinajstić information content (AvgIpc) is 2.45. The van der Waals surface area contributed by atoms with Gasteiger partial charge in [-0.05, 0) is 28.7 Å². The number of rotatable bonds is 4. The van der Waals surface area contributed by atoms with E-state index in [1.165, 1.54) is 11.1 Å². The number of nitrogens with two attached hydrogens (primary N) is 1. The van der Waals surface area contributed by atoms with E-state index >= 15 is 0 Å². The number of aromatic nitrogens is 1. The summed E-state index contributed by atoms with van der Waals surface area (Å²) in [6.07, 6.45) is 2.60. The molecular weight excluding hydrogens is 246 g/mol. The van der Waals surface area contributed by atoms with Gasteiger partial charge in [0.05, 0.1) is 6.04 Å². The van der Waals surface area contributed by atoms with Crippen LogP contribution in [0.3, 0.4) is 0 Å². The van der Waals surface area contributed by atoms with Crippen molar-refractivity contribution in [3.63, 3.8) is 0 Å². The summed E-state index contributed by atoms with van der Waals surface area (Å²) in [5, 5.41) is 0. The Hall–Kier alpha value is -1.71. The van der Waals surface area contributed by atoms with Crippen LogP contribution in [-0.4, -0.2) is 4.98 Å². The Balaban J connectivity index is 2.16. The summed E-state index contributed by atoms with van der Waals surface area (Å²) in [4.78, 5) is 4.35. The largest absolute Gasteiger partial charge is 0.271 e. The van der Waals surface area contributed by atoms with Gasteiger partial charge in [-0.3, -0.25) is 16.3 Å². The van der Waals surface area contributed by atoms with Crippen molar-refractivity contribution in [3.8, 4) is 0 Å². The lowest BCUT2D eigenvalue weighted by Crippen LogP contribution is -2.29. The van der Waals surface area contributed by atoms with Gasteiger partial charge in [0.15, 0.2) is 0 Å². The maximum Gasteiger partial charge on any atom is 0.0515 e. The molecule has 0 aliphatic rings. The van der Waals surface area contributed by atoms with E-state index in [4.69, 9.17) is 5.84 Å². The van der Waals surface area contributed by atoms with E-state index in [0.29, 0.717) is 0 Å². The molecule has 1 heterocycles. The van der Waals surface area contributed by atoms with E-state index in [1.54, 1.807) is 0 Å². The second-order valence-electron chi connectivity index (χ2n) is 6.12. The van der Waals surface area contributed by atoms with Gasteiger partial charge in [-0.1, -0.05) is 51.1 Å². The number of nitrogens with zero attached hydrogens (tertiary/aromatic N) is 1. The summed E-state index contributed by atoms with van der Waals surface area (Å²) >= 11 is 0. The zero-order valence-electron chi connectivity index (χ0n) is 12.4. The Morgan fingerprint density at radius 3 is 2.30 bits per heavy atom. The van der Waals surface area contributed by atoms with Crippen molar-refractivity contribution in [2.75, 3.05) is 0 Å². The van der Waals surface area contributed by atoms with E-state index < -0.39 is 0 Å². The van der Waals surface area contributed by atoms with Crippen molar-refractivity contribution < 1.29 is 0 Å². The standard InChI is InChI=1S/C17H23N3/c1-17(2,3)14-9-7-13(8-10-14)16(20-18)12-15-6-4-5-11-19-15/h4-11,16,20H,12,18H2,1-3H3. The summed E-state index contributed by atoms with van der Waals surface area (Å²) in [6, 6.07) is 14.7. The molecule has 20 heavy (non-hydrogen) atoms. The van der Waals surface area contributed by atoms with Crippen LogP contribution in [-0.2, 0) is 11.8 Å². The fourth-order valence-corrected chi connectivity index (χ4v) is 2.22. The zero-order chi connectivity index (χ0) is 14.6. The average molecular weight is 269 g/mol. The molecule has 3 N–H and O–H groups in total. The summed E-state index contributed by atoms with van der Waals surface area (Å²) in [5.74, 6) is 5.70. The maximum absolute atomic E-state index is 5.70. The molecule has 0 saturated carbocycles. The molecule has 0 aliphatic heterocycles. The molecule has 1 aromatic heterocycles. The molecule has 0 fully saturated rings. The molecule has 0 amide bonds. The number of pyridine rings is 1. The minimum absolute atomic E-state index is 0.0823. The number of hydrogen-bond donors (Lipinski definition) is 2. The summed E-state index contributed by atoms with van der Waals surface area (Å²) < 4.78 is 0. The van der Waals surface area contributed by atoms with Crippen molar-refractivity contribution in [1.82, 2.24) is 10.4 Å². The molecule has 0 spiro atoms. The fraction of sp³-hybridized carbons (Fsp3) is 0.353. The van der Waals surface area contributed by atoms with E-state index in [1.807, 2.05) is 24.4 Å². The minimum atomic E-state index is 0.0823. The number of hydrazine groups is 1. The lowest BCUT2D eigenvalue weighted by molar-refractivity contribution is 0.544. The van der Waals surface area contributed by atoms with Crippen molar-refractivity contribution in [3.05, 3.63) is 65.5 Å². The first-order valence-corrected chi connectivity index (χ1v) is 6.97. The molecule has 2 rings (SSSR count). The third-order valence-corrected chi connectivity index (χ3v) is 3.52. The smallest absolute Gasteiger partial charge is 0.0515 e. The van der Waals surface area contributed by atoms with Gasteiger partial charge >= 0.3 is 0 Å². The van der Waals surface area contributed by atoms with Crippen molar-refractivity contribution in [2.45, 2.75) is 38.6 Å². The summed E-state index contributed by atoms with van der Waals surface area (Å²) in [5.41, 5.74) is 6.61. The Kier molecular flexibility index (Phi) is 4.53. The topological polar surface area (TPSA) is 50.9 Å². The third-order valence-electron chi connectivity index (χ3n) is 3.52. The first-order chi connectivity index (χ1) is 9.50. The predicted molar refractivity (Wildman–Crippen MR) is 83.1 cm³/mol. The number of benzene rings is 1. The van der Waals surface area contributed by atoms with E-state index in [-0.39, 0.29) is 11.5 Å². The highest BCUT2D eigenvalue weighted by Gasteiger charge is 2.15. The zero-order valence-corrected chi connectivity index (χ0v) is 12.4. The molecule has 0 saturated heterocycles. The van der Waals surface area contributed by atoms with E-state index in [0.717, 1.165) is 12.1 Å². The quantitative estimate of drug-likeness (QED) is 0.662. The van der Waals surface area contributed by atoms with Gasteiger partial charge in [0.1, 0.15) is 0 Å². The molecule has 1 unspecified atom stereocenters. The first kappa shape index (κ1) is 14.7. The Morgan fingerprint density at radius 2 is 1.80 bits per heavy atom. The molecule has 0 aliphatic carbocycles. The van der Waals surface area contributed by atoms with Gasteiger partial charge in [0, 0.05) is 18.3 Å². The molecule has 1 atom stereocenters. The highest BCUT2D eigenvalue weighted by molar-refractivity contribution is 5.30. The molecule has 106 valence electrons. The highest BCUT2D eigenvalue weighted by atomic mass is 15.2. The Labute approximate surface area is 121 Å². The molecule has 2 aromatic rings. The van der Waals surface area contributed by atoms with Crippen molar-refractivity contribution in [1.29, 1.82) is 0 Å². The van der Waals surface area contributed by atoms with Gasteiger partial charge in [0.25, 0.3) is 0 Å². The van der Waals surface area contributed by atoms with Crippen LogP contribution in [0.4, 0.5) is 0 Å². The minimum Gasteiger partial charge on any atom is -0.271 e.